The van der Waals surface area contributed by atoms with Crippen molar-refractivity contribution in [2.75, 3.05) is 13.2 Å². The van der Waals surface area contributed by atoms with Crippen molar-refractivity contribution >= 4 is 27.5 Å². The standard InChI is InChI=1S/C15H15BrClNO/c16-14-7-6-12(10-15(14)17)11-18-8-9-19-13-4-2-1-3-5-13/h1-7,10,18H,8-9,11H2. The summed E-state index contributed by atoms with van der Waals surface area (Å²) in [4.78, 5) is 0. The van der Waals surface area contributed by atoms with Crippen molar-refractivity contribution in [2.45, 2.75) is 6.54 Å². The second-order valence-corrected chi connectivity index (χ2v) is 5.35. The molecule has 0 aromatic heterocycles. The summed E-state index contributed by atoms with van der Waals surface area (Å²) in [6.45, 7) is 2.22. The highest BCUT2D eigenvalue weighted by Gasteiger charge is 1.99. The minimum atomic E-state index is 0.647. The summed E-state index contributed by atoms with van der Waals surface area (Å²) < 4.78 is 6.51. The SMILES string of the molecule is Clc1cc(CNCCOc2ccccc2)ccc1Br. The van der Waals surface area contributed by atoms with Gasteiger partial charge in [0.2, 0.25) is 0 Å². The Kier molecular flexibility index (Phi) is 5.70. The number of hydrogen-bond donors (Lipinski definition) is 1. The fourth-order valence-electron chi connectivity index (χ4n) is 1.64. The van der Waals surface area contributed by atoms with Crippen molar-refractivity contribution in [1.82, 2.24) is 5.32 Å². The van der Waals surface area contributed by atoms with Gasteiger partial charge in [-0.25, -0.2) is 0 Å². The second kappa shape index (κ2) is 7.53. The van der Waals surface area contributed by atoms with Crippen LogP contribution < -0.4 is 10.1 Å². The van der Waals surface area contributed by atoms with E-state index < -0.39 is 0 Å². The molecule has 0 saturated heterocycles. The predicted molar refractivity (Wildman–Crippen MR) is 82.8 cm³/mol. The number of nitrogens with one attached hydrogen (secondary N) is 1. The largest absolute Gasteiger partial charge is 0.492 e. The predicted octanol–water partition coefficient (Wildman–Crippen LogP) is 4.27. The molecule has 0 aliphatic heterocycles. The maximum Gasteiger partial charge on any atom is 0.119 e. The number of hydrogen-bond acceptors (Lipinski definition) is 2. The molecule has 2 nitrogen and oxygen atoms in total. The first-order valence-electron chi connectivity index (χ1n) is 6.08. The summed E-state index contributed by atoms with van der Waals surface area (Å²) in [5.41, 5.74) is 1.16. The van der Waals surface area contributed by atoms with Crippen LogP contribution in [-0.2, 0) is 6.54 Å². The molecule has 0 amide bonds. The van der Waals surface area contributed by atoms with Gasteiger partial charge in [-0.05, 0) is 45.8 Å². The summed E-state index contributed by atoms with van der Waals surface area (Å²) in [6, 6.07) is 15.8. The minimum absolute atomic E-state index is 0.647. The minimum Gasteiger partial charge on any atom is -0.492 e. The topological polar surface area (TPSA) is 21.3 Å². The normalized spacial score (nSPS) is 10.4. The van der Waals surface area contributed by atoms with E-state index >= 15 is 0 Å². The molecular weight excluding hydrogens is 326 g/mol. The lowest BCUT2D eigenvalue weighted by Crippen LogP contribution is -2.20. The average Bonchev–Trinajstić information content (AvgIpc) is 2.43. The van der Waals surface area contributed by atoms with Crippen LogP contribution in [0.3, 0.4) is 0 Å². The third kappa shape index (κ3) is 4.86. The van der Waals surface area contributed by atoms with Crippen LogP contribution in [0.4, 0.5) is 0 Å². The zero-order valence-corrected chi connectivity index (χ0v) is 12.7. The lowest BCUT2D eigenvalue weighted by atomic mass is 10.2. The van der Waals surface area contributed by atoms with Crippen molar-refractivity contribution in [2.24, 2.45) is 0 Å². The van der Waals surface area contributed by atoms with Crippen molar-refractivity contribution < 1.29 is 4.74 Å². The van der Waals surface area contributed by atoms with Gasteiger partial charge in [0.1, 0.15) is 12.4 Å². The lowest BCUT2D eigenvalue weighted by molar-refractivity contribution is 0.313. The van der Waals surface area contributed by atoms with Crippen molar-refractivity contribution in [3.05, 3.63) is 63.6 Å². The summed E-state index contributed by atoms with van der Waals surface area (Å²) in [6.07, 6.45) is 0. The summed E-state index contributed by atoms with van der Waals surface area (Å²) >= 11 is 9.41. The Balaban J connectivity index is 1.68. The van der Waals surface area contributed by atoms with Gasteiger partial charge >= 0.3 is 0 Å². The maximum atomic E-state index is 6.03. The highest BCUT2D eigenvalue weighted by molar-refractivity contribution is 9.10. The van der Waals surface area contributed by atoms with E-state index in [4.69, 9.17) is 16.3 Å². The Morgan fingerprint density at radius 1 is 1.11 bits per heavy atom. The first kappa shape index (κ1) is 14.4. The second-order valence-electron chi connectivity index (χ2n) is 4.09. The van der Waals surface area contributed by atoms with Gasteiger partial charge in [0, 0.05) is 17.6 Å². The van der Waals surface area contributed by atoms with E-state index in [-0.39, 0.29) is 0 Å². The van der Waals surface area contributed by atoms with E-state index in [1.54, 1.807) is 0 Å². The van der Waals surface area contributed by atoms with Gasteiger partial charge in [-0.3, -0.25) is 0 Å². The maximum absolute atomic E-state index is 6.03. The highest BCUT2D eigenvalue weighted by Crippen LogP contribution is 2.22. The first-order chi connectivity index (χ1) is 9.25. The van der Waals surface area contributed by atoms with Gasteiger partial charge in [-0.2, -0.15) is 0 Å². The van der Waals surface area contributed by atoms with E-state index in [1.807, 2.05) is 48.5 Å². The molecule has 1 N–H and O–H groups in total. The Morgan fingerprint density at radius 2 is 1.89 bits per heavy atom. The van der Waals surface area contributed by atoms with Gasteiger partial charge in [0.05, 0.1) is 5.02 Å². The van der Waals surface area contributed by atoms with Crippen LogP contribution in [0, 0.1) is 0 Å². The van der Waals surface area contributed by atoms with Gasteiger partial charge in [0.25, 0.3) is 0 Å². The molecule has 0 saturated carbocycles. The molecule has 0 radical (unpaired) electrons. The lowest BCUT2D eigenvalue weighted by Gasteiger charge is -2.08. The number of halogens is 2. The molecule has 0 spiro atoms. The van der Waals surface area contributed by atoms with Crippen LogP contribution in [0.1, 0.15) is 5.56 Å². The molecule has 0 atom stereocenters. The van der Waals surface area contributed by atoms with Crippen molar-refractivity contribution in [3.63, 3.8) is 0 Å². The molecule has 2 aromatic carbocycles. The van der Waals surface area contributed by atoms with Gasteiger partial charge < -0.3 is 10.1 Å². The van der Waals surface area contributed by atoms with Gasteiger partial charge in [0.15, 0.2) is 0 Å². The van der Waals surface area contributed by atoms with Crippen LogP contribution >= 0.6 is 27.5 Å². The fraction of sp³-hybridized carbons (Fsp3) is 0.200. The van der Waals surface area contributed by atoms with Crippen LogP contribution in [0.2, 0.25) is 5.02 Å². The Hall–Kier alpha value is -1.03. The fourth-order valence-corrected chi connectivity index (χ4v) is 2.09. The molecule has 0 aliphatic rings. The third-order valence-corrected chi connectivity index (χ3v) is 3.84. The van der Waals surface area contributed by atoms with Crippen LogP contribution in [-0.4, -0.2) is 13.2 Å². The van der Waals surface area contributed by atoms with E-state index in [0.29, 0.717) is 6.61 Å². The van der Waals surface area contributed by atoms with E-state index in [0.717, 1.165) is 33.9 Å². The van der Waals surface area contributed by atoms with Crippen molar-refractivity contribution in [1.29, 1.82) is 0 Å². The monoisotopic (exact) mass is 339 g/mol. The number of rotatable bonds is 6. The van der Waals surface area contributed by atoms with Crippen LogP contribution in [0.15, 0.2) is 53.0 Å². The molecular formula is C15H15BrClNO. The van der Waals surface area contributed by atoms with Gasteiger partial charge in [-0.1, -0.05) is 35.9 Å². The molecule has 4 heteroatoms. The number of ether oxygens (including phenoxy) is 1. The number of benzene rings is 2. The molecule has 0 heterocycles. The molecule has 0 unspecified atom stereocenters. The average molecular weight is 341 g/mol. The smallest absolute Gasteiger partial charge is 0.119 e. The molecule has 2 rings (SSSR count). The van der Waals surface area contributed by atoms with Crippen LogP contribution in [0.25, 0.3) is 0 Å². The molecule has 19 heavy (non-hydrogen) atoms. The zero-order chi connectivity index (χ0) is 13.5. The first-order valence-corrected chi connectivity index (χ1v) is 7.25. The van der Waals surface area contributed by atoms with E-state index in [1.165, 1.54) is 0 Å². The quantitative estimate of drug-likeness (QED) is 0.793. The molecule has 0 bridgehead atoms. The number of para-hydroxylation sites is 1. The highest BCUT2D eigenvalue weighted by atomic mass is 79.9. The van der Waals surface area contributed by atoms with Gasteiger partial charge in [-0.15, -0.1) is 0 Å². The molecule has 2 aromatic rings. The zero-order valence-electron chi connectivity index (χ0n) is 10.4. The van der Waals surface area contributed by atoms with E-state index in [2.05, 4.69) is 21.2 Å². The third-order valence-electron chi connectivity index (χ3n) is 2.60. The Bertz CT molecular complexity index is 519. The summed E-state index contributed by atoms with van der Waals surface area (Å²) in [5, 5.41) is 4.06. The Morgan fingerprint density at radius 3 is 2.63 bits per heavy atom. The summed E-state index contributed by atoms with van der Waals surface area (Å²) in [7, 11) is 0. The molecule has 0 fully saturated rings. The van der Waals surface area contributed by atoms with Crippen LogP contribution in [0.5, 0.6) is 5.75 Å². The Labute approximate surface area is 126 Å². The molecule has 0 aliphatic carbocycles. The molecule has 100 valence electrons. The van der Waals surface area contributed by atoms with Crippen molar-refractivity contribution in [3.8, 4) is 5.75 Å². The van der Waals surface area contributed by atoms with E-state index in [9.17, 15) is 0 Å². The summed E-state index contributed by atoms with van der Waals surface area (Å²) in [5.74, 6) is 0.899.